The molecule has 1 saturated heterocycles. The molecule has 2 rings (SSSR count). The fraction of sp³-hybridized carbons (Fsp3) is 0.636. The van der Waals surface area contributed by atoms with Gasteiger partial charge >= 0.3 is 0 Å². The Kier molecular flexibility index (Phi) is 2.84. The largest absolute Gasteiger partial charge is 0.356 e. The summed E-state index contributed by atoms with van der Waals surface area (Å²) in [5, 5.41) is 13.4. The van der Waals surface area contributed by atoms with Crippen LogP contribution < -0.4 is 10.6 Å². The molecule has 0 spiro atoms. The predicted octanol–water partition coefficient (Wildman–Crippen LogP) is 0.528. The van der Waals surface area contributed by atoms with Crippen molar-refractivity contribution >= 4 is 5.82 Å². The number of aromatic nitrogens is 2. The summed E-state index contributed by atoms with van der Waals surface area (Å²) in [5.74, 6) is 0.937. The van der Waals surface area contributed by atoms with Crippen molar-refractivity contribution in [3.63, 3.8) is 0 Å². The average Bonchev–Trinajstić information content (AvgIpc) is 2.54. The van der Waals surface area contributed by atoms with E-state index in [1.54, 1.807) is 4.68 Å². The van der Waals surface area contributed by atoms with Gasteiger partial charge in [0.15, 0.2) is 0 Å². The zero-order valence-corrected chi connectivity index (χ0v) is 9.77. The molecular weight excluding hydrogens is 202 g/mol. The quantitative estimate of drug-likeness (QED) is 0.748. The predicted molar refractivity (Wildman–Crippen MR) is 62.1 cm³/mol. The molecule has 1 aromatic heterocycles. The second-order valence-electron chi connectivity index (χ2n) is 4.34. The first-order valence-electron chi connectivity index (χ1n) is 5.57. The molecule has 5 heteroatoms. The van der Waals surface area contributed by atoms with Crippen LogP contribution in [-0.4, -0.2) is 28.9 Å². The number of rotatable bonds is 1. The van der Waals surface area contributed by atoms with Crippen molar-refractivity contribution in [3.05, 3.63) is 11.3 Å². The Morgan fingerprint density at radius 1 is 1.44 bits per heavy atom. The van der Waals surface area contributed by atoms with Crippen LogP contribution in [0.2, 0.25) is 0 Å². The van der Waals surface area contributed by atoms with Gasteiger partial charge in [-0.05, 0) is 19.8 Å². The van der Waals surface area contributed by atoms with Gasteiger partial charge in [-0.1, -0.05) is 0 Å². The Hall–Kier alpha value is -1.54. The lowest BCUT2D eigenvalue weighted by molar-refractivity contribution is 0.492. The van der Waals surface area contributed by atoms with E-state index in [1.807, 2.05) is 14.0 Å². The Balaban J connectivity index is 2.30. The van der Waals surface area contributed by atoms with Gasteiger partial charge in [0.25, 0.3) is 0 Å². The topological polar surface area (TPSA) is 70.9 Å². The molecule has 0 amide bonds. The second kappa shape index (κ2) is 4.14. The maximum Gasteiger partial charge on any atom is 0.144 e. The van der Waals surface area contributed by atoms with Gasteiger partial charge in [0.05, 0.1) is 5.69 Å². The normalized spacial score (nSPS) is 17.5. The summed E-state index contributed by atoms with van der Waals surface area (Å²) in [4.78, 5) is 2.21. The van der Waals surface area contributed by atoms with Crippen LogP contribution in [-0.2, 0) is 7.05 Å². The molecule has 0 unspecified atom stereocenters. The molecule has 2 N–H and O–H groups in total. The van der Waals surface area contributed by atoms with Crippen molar-refractivity contribution in [2.24, 2.45) is 12.8 Å². The highest BCUT2D eigenvalue weighted by atomic mass is 15.4. The molecule has 0 saturated carbocycles. The van der Waals surface area contributed by atoms with Crippen molar-refractivity contribution in [1.82, 2.24) is 9.78 Å². The molecule has 1 fully saturated rings. The van der Waals surface area contributed by atoms with E-state index in [4.69, 9.17) is 11.0 Å². The van der Waals surface area contributed by atoms with Crippen LogP contribution in [0.4, 0.5) is 5.82 Å². The lowest BCUT2D eigenvalue weighted by Crippen LogP contribution is -2.40. The van der Waals surface area contributed by atoms with Gasteiger partial charge in [-0.3, -0.25) is 4.68 Å². The van der Waals surface area contributed by atoms with Crippen LogP contribution in [0.5, 0.6) is 0 Å². The Labute approximate surface area is 95.4 Å². The first kappa shape index (κ1) is 11.0. The van der Waals surface area contributed by atoms with Gasteiger partial charge in [-0.25, -0.2) is 0 Å². The molecule has 0 aliphatic carbocycles. The molecule has 1 aromatic rings. The van der Waals surface area contributed by atoms with Crippen molar-refractivity contribution in [2.75, 3.05) is 18.0 Å². The molecule has 0 aromatic carbocycles. The van der Waals surface area contributed by atoms with Gasteiger partial charge in [0, 0.05) is 26.2 Å². The smallest absolute Gasteiger partial charge is 0.144 e. The average molecular weight is 219 g/mol. The Morgan fingerprint density at radius 2 is 2.06 bits per heavy atom. The summed E-state index contributed by atoms with van der Waals surface area (Å²) in [6, 6.07) is 2.54. The third-order valence-electron chi connectivity index (χ3n) is 3.14. The fourth-order valence-corrected chi connectivity index (χ4v) is 2.25. The van der Waals surface area contributed by atoms with E-state index >= 15 is 0 Å². The monoisotopic (exact) mass is 219 g/mol. The van der Waals surface area contributed by atoms with Crippen LogP contribution >= 0.6 is 0 Å². The summed E-state index contributed by atoms with van der Waals surface area (Å²) in [6.45, 7) is 3.70. The Morgan fingerprint density at radius 3 is 2.62 bits per heavy atom. The third kappa shape index (κ3) is 1.76. The summed E-state index contributed by atoms with van der Waals surface area (Å²) in [5.41, 5.74) is 7.37. The lowest BCUT2D eigenvalue weighted by atomic mass is 10.1. The minimum Gasteiger partial charge on any atom is -0.356 e. The number of nitrogens with zero attached hydrogens (tertiary/aromatic N) is 4. The summed E-state index contributed by atoms with van der Waals surface area (Å²) in [7, 11) is 1.89. The summed E-state index contributed by atoms with van der Waals surface area (Å²) >= 11 is 0. The molecule has 0 bridgehead atoms. The number of piperidine rings is 1. The van der Waals surface area contributed by atoms with E-state index in [0.717, 1.165) is 37.4 Å². The first-order valence-corrected chi connectivity index (χ1v) is 5.57. The molecule has 86 valence electrons. The standard InChI is InChI=1S/C11H17N5/c1-8-10(7-12)11(15(2)14-8)16-5-3-9(13)4-6-16/h9H,3-6,13H2,1-2H3. The highest BCUT2D eigenvalue weighted by molar-refractivity contribution is 5.57. The van der Waals surface area contributed by atoms with Crippen LogP contribution in [0.3, 0.4) is 0 Å². The van der Waals surface area contributed by atoms with Gasteiger partial charge in [-0.2, -0.15) is 10.4 Å². The van der Waals surface area contributed by atoms with Crippen molar-refractivity contribution < 1.29 is 0 Å². The minimum atomic E-state index is 0.302. The zero-order valence-electron chi connectivity index (χ0n) is 9.77. The zero-order chi connectivity index (χ0) is 11.7. The van der Waals surface area contributed by atoms with Gasteiger partial charge in [0.2, 0.25) is 0 Å². The highest BCUT2D eigenvalue weighted by Crippen LogP contribution is 2.24. The molecule has 1 aliphatic heterocycles. The molecule has 1 aliphatic rings. The van der Waals surface area contributed by atoms with Gasteiger partial charge in [0.1, 0.15) is 17.5 Å². The summed E-state index contributed by atoms with van der Waals surface area (Å²) < 4.78 is 1.80. The van der Waals surface area contributed by atoms with E-state index in [9.17, 15) is 0 Å². The van der Waals surface area contributed by atoms with Crippen LogP contribution in [0, 0.1) is 18.3 Å². The molecule has 2 heterocycles. The number of anilines is 1. The van der Waals surface area contributed by atoms with Crippen LogP contribution in [0.15, 0.2) is 0 Å². The van der Waals surface area contributed by atoms with Gasteiger partial charge < -0.3 is 10.6 Å². The lowest BCUT2D eigenvalue weighted by Gasteiger charge is -2.31. The highest BCUT2D eigenvalue weighted by Gasteiger charge is 2.23. The number of aryl methyl sites for hydroxylation is 2. The van der Waals surface area contributed by atoms with E-state index in [-0.39, 0.29) is 0 Å². The van der Waals surface area contributed by atoms with Crippen LogP contribution in [0.1, 0.15) is 24.1 Å². The molecule has 5 nitrogen and oxygen atoms in total. The molecule has 0 atom stereocenters. The maximum atomic E-state index is 9.14. The van der Waals surface area contributed by atoms with Crippen molar-refractivity contribution in [3.8, 4) is 6.07 Å². The maximum absolute atomic E-state index is 9.14. The number of hydrogen-bond donors (Lipinski definition) is 1. The third-order valence-corrected chi connectivity index (χ3v) is 3.14. The number of nitriles is 1. The van der Waals surface area contributed by atoms with Gasteiger partial charge in [-0.15, -0.1) is 0 Å². The number of hydrogen-bond acceptors (Lipinski definition) is 4. The van der Waals surface area contributed by atoms with E-state index < -0.39 is 0 Å². The van der Waals surface area contributed by atoms with Crippen LogP contribution in [0.25, 0.3) is 0 Å². The second-order valence-corrected chi connectivity index (χ2v) is 4.34. The SMILES string of the molecule is Cc1nn(C)c(N2CCC(N)CC2)c1C#N. The molecule has 0 radical (unpaired) electrons. The van der Waals surface area contributed by atoms with Crippen molar-refractivity contribution in [1.29, 1.82) is 5.26 Å². The van der Waals surface area contributed by atoms with E-state index in [2.05, 4.69) is 16.1 Å². The fourth-order valence-electron chi connectivity index (χ4n) is 2.25. The molecule has 16 heavy (non-hydrogen) atoms. The Bertz CT molecular complexity index is 420. The summed E-state index contributed by atoms with van der Waals surface area (Å²) in [6.07, 6.45) is 1.96. The van der Waals surface area contributed by atoms with Crippen molar-refractivity contribution in [2.45, 2.75) is 25.8 Å². The first-order chi connectivity index (χ1) is 7.63. The minimum absolute atomic E-state index is 0.302. The van der Waals surface area contributed by atoms with E-state index in [0.29, 0.717) is 11.6 Å². The number of nitrogens with two attached hydrogens (primary N) is 1. The van der Waals surface area contributed by atoms with E-state index in [1.165, 1.54) is 0 Å². The molecular formula is C11H17N5.